The van der Waals surface area contributed by atoms with Gasteiger partial charge in [0.1, 0.15) is 11.2 Å². The lowest BCUT2D eigenvalue weighted by Gasteiger charge is -2.37. The molecule has 1 atom stereocenters. The molecule has 0 spiro atoms. The van der Waals surface area contributed by atoms with Crippen LogP contribution in [0.2, 0.25) is 0 Å². The molecule has 1 aliphatic carbocycles. The molecule has 0 radical (unpaired) electrons. The van der Waals surface area contributed by atoms with Crippen LogP contribution in [0, 0.1) is 0 Å². The fourth-order valence-electron chi connectivity index (χ4n) is 4.20. The molecule has 1 aromatic carbocycles. The molecule has 1 heterocycles. The smallest absolute Gasteiger partial charge is 0.151 e. The van der Waals surface area contributed by atoms with Crippen LogP contribution in [0.3, 0.4) is 0 Å². The first-order valence-electron chi connectivity index (χ1n) is 8.00. The van der Waals surface area contributed by atoms with Crippen LogP contribution in [-0.2, 0) is 10.3 Å². The minimum absolute atomic E-state index is 0.275. The highest BCUT2D eigenvalue weighted by Gasteiger charge is 2.74. The Hall–Kier alpha value is -0.860. The van der Waals surface area contributed by atoms with E-state index in [1.165, 1.54) is 19.3 Å². The second-order valence-corrected chi connectivity index (χ2v) is 6.96. The minimum Gasteiger partial charge on any atom is -0.386 e. The molecule has 3 rings (SSSR count). The number of hydrogen-bond acceptors (Lipinski definition) is 2. The van der Waals surface area contributed by atoms with Gasteiger partial charge in [-0.05, 0) is 32.3 Å². The number of aliphatic hydroxyl groups is 1. The Morgan fingerprint density at radius 1 is 0.900 bits per heavy atom. The van der Waals surface area contributed by atoms with E-state index in [0.717, 1.165) is 31.2 Å². The Bertz CT molecular complexity index is 458. The zero-order valence-electron chi connectivity index (χ0n) is 12.7. The van der Waals surface area contributed by atoms with Gasteiger partial charge < -0.3 is 9.84 Å². The summed E-state index contributed by atoms with van der Waals surface area (Å²) >= 11 is 0. The summed E-state index contributed by atoms with van der Waals surface area (Å²) in [7, 11) is 0. The number of hydrogen-bond donors (Lipinski definition) is 1. The van der Waals surface area contributed by atoms with Gasteiger partial charge in [-0.1, -0.05) is 62.4 Å². The molecule has 2 heteroatoms. The maximum atomic E-state index is 11.4. The van der Waals surface area contributed by atoms with Gasteiger partial charge in [-0.15, -0.1) is 0 Å². The summed E-state index contributed by atoms with van der Waals surface area (Å²) in [6.45, 7) is 4.22. The fourth-order valence-corrected chi connectivity index (χ4v) is 4.20. The van der Waals surface area contributed by atoms with Crippen molar-refractivity contribution in [2.75, 3.05) is 0 Å². The summed E-state index contributed by atoms with van der Waals surface area (Å²) in [5, 5.41) is 11.4. The third-order valence-corrected chi connectivity index (χ3v) is 5.23. The van der Waals surface area contributed by atoms with Crippen molar-refractivity contribution < 1.29 is 9.84 Å². The second kappa shape index (κ2) is 4.85. The Kier molecular flexibility index (Phi) is 3.42. The van der Waals surface area contributed by atoms with Crippen molar-refractivity contribution in [3.8, 4) is 0 Å². The molecule has 0 aromatic heterocycles. The predicted octanol–water partition coefficient (Wildman–Crippen LogP) is 4.17. The maximum absolute atomic E-state index is 11.4. The van der Waals surface area contributed by atoms with E-state index in [4.69, 9.17) is 4.74 Å². The standard InChI is InChI=1S/C18H26O2/c1-16(2)18(20-16,15-11-7-6-8-12-15)17(19)13-9-4-3-5-10-14-17/h6-8,11-12,19H,3-5,9-10,13-14H2,1-2H3/t18-/m0/s1. The molecule has 1 aliphatic heterocycles. The average molecular weight is 274 g/mol. The molecule has 1 saturated carbocycles. The SMILES string of the molecule is CC1(C)O[C@]1(c1ccccc1)C1(O)CCCCCCC1. The predicted molar refractivity (Wildman–Crippen MR) is 80.6 cm³/mol. The molecule has 0 unspecified atom stereocenters. The Labute approximate surface area is 122 Å². The first-order chi connectivity index (χ1) is 9.52. The van der Waals surface area contributed by atoms with E-state index >= 15 is 0 Å². The Balaban J connectivity index is 1.98. The van der Waals surface area contributed by atoms with Crippen molar-refractivity contribution in [2.24, 2.45) is 0 Å². The topological polar surface area (TPSA) is 32.8 Å². The van der Waals surface area contributed by atoms with Crippen molar-refractivity contribution in [3.05, 3.63) is 35.9 Å². The van der Waals surface area contributed by atoms with E-state index in [1.54, 1.807) is 0 Å². The monoisotopic (exact) mass is 274 g/mol. The van der Waals surface area contributed by atoms with Crippen molar-refractivity contribution >= 4 is 0 Å². The summed E-state index contributed by atoms with van der Waals surface area (Å²) in [5.41, 5.74) is -0.382. The average Bonchev–Trinajstić information content (AvgIpc) is 3.01. The van der Waals surface area contributed by atoms with Gasteiger partial charge >= 0.3 is 0 Å². The van der Waals surface area contributed by atoms with Crippen LogP contribution >= 0.6 is 0 Å². The van der Waals surface area contributed by atoms with Gasteiger partial charge in [-0.25, -0.2) is 0 Å². The van der Waals surface area contributed by atoms with Gasteiger partial charge in [0.15, 0.2) is 5.60 Å². The number of benzene rings is 1. The molecule has 20 heavy (non-hydrogen) atoms. The summed E-state index contributed by atoms with van der Waals surface area (Å²) < 4.78 is 6.17. The van der Waals surface area contributed by atoms with Crippen LogP contribution in [0.25, 0.3) is 0 Å². The van der Waals surface area contributed by atoms with Gasteiger partial charge in [0.2, 0.25) is 0 Å². The van der Waals surface area contributed by atoms with Crippen LogP contribution in [0.5, 0.6) is 0 Å². The van der Waals surface area contributed by atoms with Crippen LogP contribution in [-0.4, -0.2) is 16.3 Å². The third-order valence-electron chi connectivity index (χ3n) is 5.23. The zero-order chi connectivity index (χ0) is 14.3. The summed E-state index contributed by atoms with van der Waals surface area (Å²) in [6, 6.07) is 10.3. The maximum Gasteiger partial charge on any atom is 0.151 e. The molecule has 1 aromatic rings. The highest BCUT2D eigenvalue weighted by molar-refractivity contribution is 5.37. The van der Waals surface area contributed by atoms with Gasteiger partial charge in [0.25, 0.3) is 0 Å². The molecule has 1 N–H and O–H groups in total. The fraction of sp³-hybridized carbons (Fsp3) is 0.667. The number of epoxide rings is 1. The summed E-state index contributed by atoms with van der Waals surface area (Å²) in [5.74, 6) is 0. The van der Waals surface area contributed by atoms with Crippen LogP contribution in [0.1, 0.15) is 64.4 Å². The highest BCUT2D eigenvalue weighted by Crippen LogP contribution is 2.64. The molecule has 110 valence electrons. The first kappa shape index (κ1) is 14.1. The van der Waals surface area contributed by atoms with E-state index < -0.39 is 11.2 Å². The summed E-state index contributed by atoms with van der Waals surface area (Å²) in [4.78, 5) is 0. The molecular formula is C18H26O2. The van der Waals surface area contributed by atoms with Gasteiger partial charge in [0, 0.05) is 0 Å². The molecule has 0 amide bonds. The lowest BCUT2D eigenvalue weighted by atomic mass is 9.69. The van der Waals surface area contributed by atoms with E-state index in [9.17, 15) is 5.11 Å². The first-order valence-corrected chi connectivity index (χ1v) is 8.00. The van der Waals surface area contributed by atoms with E-state index in [-0.39, 0.29) is 5.60 Å². The summed E-state index contributed by atoms with van der Waals surface area (Å²) in [6.07, 6.45) is 7.67. The molecular weight excluding hydrogens is 248 g/mol. The number of rotatable bonds is 2. The van der Waals surface area contributed by atoms with Crippen LogP contribution in [0.15, 0.2) is 30.3 Å². The quantitative estimate of drug-likeness (QED) is 0.821. The van der Waals surface area contributed by atoms with Crippen LogP contribution in [0.4, 0.5) is 0 Å². The third kappa shape index (κ3) is 2.01. The number of ether oxygens (including phenoxy) is 1. The van der Waals surface area contributed by atoms with Crippen LogP contribution < -0.4 is 0 Å². The second-order valence-electron chi connectivity index (χ2n) is 6.96. The molecule has 0 bridgehead atoms. The van der Waals surface area contributed by atoms with Gasteiger partial charge in [0.05, 0.1) is 0 Å². The molecule has 2 nitrogen and oxygen atoms in total. The lowest BCUT2D eigenvalue weighted by molar-refractivity contribution is -0.0611. The van der Waals surface area contributed by atoms with Crippen molar-refractivity contribution in [3.63, 3.8) is 0 Å². The largest absolute Gasteiger partial charge is 0.386 e. The minimum atomic E-state index is -0.724. The highest BCUT2D eigenvalue weighted by atomic mass is 16.6. The van der Waals surface area contributed by atoms with Crippen molar-refractivity contribution in [1.82, 2.24) is 0 Å². The molecule has 1 saturated heterocycles. The van der Waals surface area contributed by atoms with Crippen molar-refractivity contribution in [2.45, 2.75) is 75.6 Å². The molecule has 2 aliphatic rings. The zero-order valence-corrected chi connectivity index (χ0v) is 12.7. The van der Waals surface area contributed by atoms with Crippen molar-refractivity contribution in [1.29, 1.82) is 0 Å². The van der Waals surface area contributed by atoms with E-state index in [2.05, 4.69) is 26.0 Å². The van der Waals surface area contributed by atoms with Gasteiger partial charge in [-0.2, -0.15) is 0 Å². The van der Waals surface area contributed by atoms with E-state index in [1.807, 2.05) is 18.2 Å². The Morgan fingerprint density at radius 2 is 1.40 bits per heavy atom. The van der Waals surface area contributed by atoms with E-state index in [0.29, 0.717) is 0 Å². The van der Waals surface area contributed by atoms with Gasteiger partial charge in [-0.3, -0.25) is 0 Å². The Morgan fingerprint density at radius 3 is 1.90 bits per heavy atom. The molecule has 2 fully saturated rings. The normalized spacial score (nSPS) is 32.1. The lowest BCUT2D eigenvalue weighted by Crippen LogP contribution is -2.47.